The molecule has 0 atom stereocenters. The van der Waals surface area contributed by atoms with Crippen molar-refractivity contribution in [2.24, 2.45) is 0 Å². The van der Waals surface area contributed by atoms with Crippen LogP contribution in [-0.2, 0) is 30.4 Å². The van der Waals surface area contributed by atoms with Gasteiger partial charge in [0.15, 0.2) is 0 Å². The minimum Gasteiger partial charge on any atom is -0.744 e. The topological polar surface area (TPSA) is 250 Å². The fraction of sp³-hybridized carbons (Fsp3) is 0. The number of nitrogens with two attached hydrogens (primary N) is 3. The third-order valence-corrected chi connectivity index (χ3v) is 6.05. The van der Waals surface area contributed by atoms with Crippen LogP contribution in [0.4, 0.5) is 17.1 Å². The standard InChI is InChI=1S/3C6H7NO3S.Al/c3*7-5-1-3-6(4-2-5)11(8,9)10;/h3*1-4H,7H2,(H,8,9,10);/q;;;+3/p-3. The van der Waals surface area contributed by atoms with Crippen LogP contribution in [0, 0.1) is 0 Å². The van der Waals surface area contributed by atoms with Crippen molar-refractivity contribution in [3.63, 3.8) is 0 Å². The van der Waals surface area contributed by atoms with E-state index in [9.17, 15) is 38.9 Å². The Kier molecular flexibility index (Phi) is 11.7. The van der Waals surface area contributed by atoms with Gasteiger partial charge in [0.05, 0.1) is 14.7 Å². The minimum absolute atomic E-state index is 0. The average Bonchev–Trinajstić information content (AvgIpc) is 2.68. The number of hydrogen-bond donors (Lipinski definition) is 3. The van der Waals surface area contributed by atoms with E-state index in [0.717, 1.165) is 0 Å². The molecule has 0 saturated carbocycles. The molecule has 0 amide bonds. The number of anilines is 3. The molecule has 0 saturated heterocycles. The Bertz CT molecular complexity index is 1200. The Balaban J connectivity index is 0.000000473. The summed E-state index contributed by atoms with van der Waals surface area (Å²) in [6.45, 7) is 0. The van der Waals surface area contributed by atoms with Crippen molar-refractivity contribution in [3.05, 3.63) is 72.8 Å². The molecule has 34 heavy (non-hydrogen) atoms. The molecule has 0 aliphatic rings. The Morgan fingerprint density at radius 1 is 0.412 bits per heavy atom. The predicted molar refractivity (Wildman–Crippen MR) is 122 cm³/mol. The second kappa shape index (κ2) is 12.7. The zero-order chi connectivity index (χ0) is 25.4. The molecule has 180 valence electrons. The molecule has 0 aliphatic carbocycles. The molecule has 0 aromatic heterocycles. The first-order valence-corrected chi connectivity index (χ1v) is 12.7. The SMILES string of the molecule is Nc1ccc(S(=O)(=O)[O-])cc1.Nc1ccc(S(=O)(=O)[O-])cc1.Nc1ccc(S(=O)(=O)[O-])cc1.[Al+3]. The molecule has 3 aromatic carbocycles. The van der Waals surface area contributed by atoms with Gasteiger partial charge in [-0.1, -0.05) is 0 Å². The summed E-state index contributed by atoms with van der Waals surface area (Å²) in [7, 11) is -13.0. The largest absolute Gasteiger partial charge is 3.00 e. The van der Waals surface area contributed by atoms with Crippen LogP contribution in [0.2, 0.25) is 0 Å². The van der Waals surface area contributed by atoms with Crippen LogP contribution in [0.15, 0.2) is 87.5 Å². The fourth-order valence-corrected chi connectivity index (χ4v) is 3.31. The Morgan fingerprint density at radius 3 is 0.676 bits per heavy atom. The first-order valence-electron chi connectivity index (χ1n) is 8.44. The summed E-state index contributed by atoms with van der Waals surface area (Å²) in [4.78, 5) is -0.773. The molecule has 0 radical (unpaired) electrons. The summed E-state index contributed by atoms with van der Waals surface area (Å²) < 4.78 is 93.1. The van der Waals surface area contributed by atoms with E-state index in [1.807, 2.05) is 0 Å². The Morgan fingerprint density at radius 2 is 0.559 bits per heavy atom. The summed E-state index contributed by atoms with van der Waals surface area (Å²) >= 11 is 0. The minimum atomic E-state index is -4.33. The molecule has 3 rings (SSSR count). The van der Waals surface area contributed by atoms with Gasteiger partial charge in [-0.3, -0.25) is 0 Å². The summed E-state index contributed by atoms with van der Waals surface area (Å²) in [5.41, 5.74) is 17.1. The maximum atomic E-state index is 10.3. The first-order chi connectivity index (χ1) is 15.0. The van der Waals surface area contributed by atoms with E-state index < -0.39 is 30.4 Å². The smallest absolute Gasteiger partial charge is 0.744 e. The number of hydrogen-bond acceptors (Lipinski definition) is 12. The van der Waals surface area contributed by atoms with Crippen molar-refractivity contribution >= 4 is 64.8 Å². The monoisotopic (exact) mass is 543 g/mol. The molecule has 16 heteroatoms. The molecule has 6 N–H and O–H groups in total. The molecule has 0 aliphatic heterocycles. The van der Waals surface area contributed by atoms with Crippen LogP contribution in [0.25, 0.3) is 0 Å². The summed E-state index contributed by atoms with van der Waals surface area (Å²) in [5, 5.41) is 0. The second-order valence-corrected chi connectivity index (χ2v) is 10.2. The van der Waals surface area contributed by atoms with Gasteiger partial charge in [-0.2, -0.15) is 0 Å². The number of nitrogen functional groups attached to an aromatic ring is 3. The zero-order valence-electron chi connectivity index (χ0n) is 17.1. The predicted octanol–water partition coefficient (Wildman–Crippen LogP) is 0.138. The van der Waals surface area contributed by atoms with Crippen LogP contribution in [0.5, 0.6) is 0 Å². The van der Waals surface area contributed by atoms with Gasteiger partial charge in [-0.25, -0.2) is 25.3 Å². The van der Waals surface area contributed by atoms with Crippen molar-refractivity contribution in [2.45, 2.75) is 14.7 Å². The van der Waals surface area contributed by atoms with Gasteiger partial charge in [0, 0.05) is 17.1 Å². The maximum Gasteiger partial charge on any atom is 3.00 e. The van der Waals surface area contributed by atoms with E-state index >= 15 is 0 Å². The Labute approximate surface area is 207 Å². The van der Waals surface area contributed by atoms with Gasteiger partial charge in [-0.15, -0.1) is 0 Å². The zero-order valence-corrected chi connectivity index (χ0v) is 20.7. The number of rotatable bonds is 3. The Hall–Kier alpha value is -2.68. The van der Waals surface area contributed by atoms with Gasteiger partial charge in [-0.05, 0) is 72.8 Å². The van der Waals surface area contributed by atoms with E-state index in [1.165, 1.54) is 72.8 Å². The van der Waals surface area contributed by atoms with Crippen LogP contribution < -0.4 is 17.2 Å². The maximum absolute atomic E-state index is 10.3. The van der Waals surface area contributed by atoms with Crippen molar-refractivity contribution in [1.82, 2.24) is 0 Å². The molecule has 0 spiro atoms. The fourth-order valence-electron chi connectivity index (χ4n) is 1.90. The van der Waals surface area contributed by atoms with Crippen molar-refractivity contribution < 1.29 is 38.9 Å². The van der Waals surface area contributed by atoms with Crippen molar-refractivity contribution in [2.75, 3.05) is 17.2 Å². The molecule has 3 aromatic rings. The van der Waals surface area contributed by atoms with E-state index in [0.29, 0.717) is 17.1 Å². The van der Waals surface area contributed by atoms with Crippen LogP contribution >= 0.6 is 0 Å². The van der Waals surface area contributed by atoms with Gasteiger partial charge in [0.25, 0.3) is 0 Å². The van der Waals surface area contributed by atoms with Crippen LogP contribution in [0.3, 0.4) is 0 Å². The molecular weight excluding hydrogens is 525 g/mol. The van der Waals surface area contributed by atoms with Gasteiger partial charge >= 0.3 is 17.4 Å². The quantitative estimate of drug-likeness (QED) is 0.226. The van der Waals surface area contributed by atoms with E-state index in [1.54, 1.807) is 0 Å². The number of benzene rings is 3. The molecule has 12 nitrogen and oxygen atoms in total. The van der Waals surface area contributed by atoms with Gasteiger partial charge in [0.2, 0.25) is 0 Å². The van der Waals surface area contributed by atoms with E-state index in [2.05, 4.69) is 0 Å². The molecule has 0 fully saturated rings. The summed E-state index contributed by atoms with van der Waals surface area (Å²) in [6, 6.07) is 15.3. The third-order valence-electron chi connectivity index (χ3n) is 3.51. The molecule has 0 bridgehead atoms. The normalized spacial score (nSPS) is 11.0. The van der Waals surface area contributed by atoms with Crippen LogP contribution in [-0.4, -0.2) is 56.3 Å². The average molecular weight is 544 g/mol. The second-order valence-electron chi connectivity index (χ2n) is 6.07. The van der Waals surface area contributed by atoms with E-state index in [4.69, 9.17) is 17.2 Å². The summed E-state index contributed by atoms with van der Waals surface area (Å²) in [5.74, 6) is 0. The van der Waals surface area contributed by atoms with Gasteiger partial charge < -0.3 is 30.9 Å². The van der Waals surface area contributed by atoms with Crippen molar-refractivity contribution in [3.8, 4) is 0 Å². The third kappa shape index (κ3) is 11.5. The van der Waals surface area contributed by atoms with E-state index in [-0.39, 0.29) is 32.0 Å². The molecule has 0 heterocycles. The molecule has 0 unspecified atom stereocenters. The van der Waals surface area contributed by atoms with Crippen LogP contribution in [0.1, 0.15) is 0 Å². The summed E-state index contributed by atoms with van der Waals surface area (Å²) in [6.07, 6.45) is 0. The van der Waals surface area contributed by atoms with Gasteiger partial charge in [0.1, 0.15) is 30.4 Å². The molecular formula is C18H18AlN3O9S3. The first kappa shape index (κ1) is 31.3. The van der Waals surface area contributed by atoms with Crippen molar-refractivity contribution in [1.29, 1.82) is 0 Å².